The van der Waals surface area contributed by atoms with Crippen LogP contribution in [0.4, 0.5) is 0 Å². The van der Waals surface area contributed by atoms with E-state index in [0.717, 1.165) is 12.5 Å². The van der Waals surface area contributed by atoms with E-state index in [2.05, 4.69) is 42.4 Å². The number of hydrogen-bond acceptors (Lipinski definition) is 3. The second-order valence-electron chi connectivity index (χ2n) is 4.89. The molecule has 1 N–H and O–H groups in total. The van der Waals surface area contributed by atoms with Gasteiger partial charge in [0.05, 0.1) is 0 Å². The highest BCUT2D eigenvalue weighted by Crippen LogP contribution is 2.32. The molecule has 0 aliphatic carbocycles. The quantitative estimate of drug-likeness (QED) is 0.858. The summed E-state index contributed by atoms with van der Waals surface area (Å²) in [6, 6.07) is 2.94. The lowest BCUT2D eigenvalue weighted by molar-refractivity contribution is 0.375. The first-order valence-corrected chi connectivity index (χ1v) is 8.69. The van der Waals surface area contributed by atoms with Gasteiger partial charge in [-0.1, -0.05) is 6.92 Å². The van der Waals surface area contributed by atoms with E-state index in [1.54, 1.807) is 0 Å². The largest absolute Gasteiger partial charge is 0.310 e. The maximum atomic E-state index is 3.66. The van der Waals surface area contributed by atoms with Gasteiger partial charge in [-0.15, -0.1) is 11.3 Å². The van der Waals surface area contributed by atoms with Crippen molar-refractivity contribution in [2.75, 3.05) is 18.1 Å². The van der Waals surface area contributed by atoms with Crippen LogP contribution in [-0.2, 0) is 0 Å². The van der Waals surface area contributed by atoms with Gasteiger partial charge in [0.25, 0.3) is 0 Å². The summed E-state index contributed by atoms with van der Waals surface area (Å²) in [5.41, 5.74) is 1.51. The average molecular weight is 269 g/mol. The molecule has 1 aliphatic rings. The number of nitrogens with one attached hydrogen (secondary N) is 1. The smallest absolute Gasteiger partial charge is 0.0331 e. The molecule has 17 heavy (non-hydrogen) atoms. The minimum Gasteiger partial charge on any atom is -0.310 e. The molecular weight excluding hydrogens is 246 g/mol. The Balaban J connectivity index is 1.96. The van der Waals surface area contributed by atoms with Crippen molar-refractivity contribution < 1.29 is 0 Å². The van der Waals surface area contributed by atoms with Gasteiger partial charge in [-0.2, -0.15) is 11.8 Å². The lowest BCUT2D eigenvalue weighted by Gasteiger charge is -2.26. The van der Waals surface area contributed by atoms with Crippen LogP contribution in [0.15, 0.2) is 11.4 Å². The topological polar surface area (TPSA) is 12.0 Å². The molecule has 1 fully saturated rings. The molecule has 96 valence electrons. The molecule has 0 bridgehead atoms. The third-order valence-electron chi connectivity index (χ3n) is 3.51. The molecule has 0 aromatic carbocycles. The third-order valence-corrected chi connectivity index (χ3v) is 5.44. The Bertz CT molecular complexity index is 329. The van der Waals surface area contributed by atoms with E-state index in [9.17, 15) is 0 Å². The van der Waals surface area contributed by atoms with E-state index in [-0.39, 0.29) is 0 Å². The van der Waals surface area contributed by atoms with Gasteiger partial charge in [0, 0.05) is 10.9 Å². The van der Waals surface area contributed by atoms with Crippen molar-refractivity contribution in [1.29, 1.82) is 0 Å². The Morgan fingerprint density at radius 1 is 1.41 bits per heavy atom. The molecule has 1 aromatic rings. The van der Waals surface area contributed by atoms with Crippen molar-refractivity contribution in [1.82, 2.24) is 5.32 Å². The first kappa shape index (κ1) is 13.4. The fourth-order valence-electron chi connectivity index (χ4n) is 2.55. The molecule has 0 amide bonds. The van der Waals surface area contributed by atoms with Gasteiger partial charge in [0.1, 0.15) is 0 Å². The zero-order valence-corrected chi connectivity index (χ0v) is 12.5. The van der Waals surface area contributed by atoms with E-state index < -0.39 is 0 Å². The zero-order valence-electron chi connectivity index (χ0n) is 10.9. The molecule has 0 radical (unpaired) electrons. The Kier molecular flexibility index (Phi) is 5.39. The van der Waals surface area contributed by atoms with Crippen molar-refractivity contribution in [2.24, 2.45) is 5.92 Å². The Morgan fingerprint density at radius 3 is 2.76 bits per heavy atom. The maximum Gasteiger partial charge on any atom is 0.0331 e. The first-order valence-electron chi connectivity index (χ1n) is 6.65. The molecule has 2 heterocycles. The summed E-state index contributed by atoms with van der Waals surface area (Å²) in [7, 11) is 0. The highest BCUT2D eigenvalue weighted by atomic mass is 32.2. The van der Waals surface area contributed by atoms with Crippen molar-refractivity contribution in [3.63, 3.8) is 0 Å². The summed E-state index contributed by atoms with van der Waals surface area (Å²) >= 11 is 4.00. The Hall–Kier alpha value is 0.0100. The lowest BCUT2D eigenvalue weighted by Crippen LogP contribution is -2.24. The van der Waals surface area contributed by atoms with Crippen LogP contribution in [0.3, 0.4) is 0 Å². The van der Waals surface area contributed by atoms with E-state index >= 15 is 0 Å². The van der Waals surface area contributed by atoms with Crippen LogP contribution in [0, 0.1) is 12.8 Å². The van der Waals surface area contributed by atoms with E-state index in [4.69, 9.17) is 0 Å². The average Bonchev–Trinajstić information content (AvgIpc) is 2.77. The van der Waals surface area contributed by atoms with E-state index in [1.165, 1.54) is 41.2 Å². The summed E-state index contributed by atoms with van der Waals surface area (Å²) in [5, 5.41) is 5.99. The molecule has 3 heteroatoms. The Morgan fingerprint density at radius 2 is 2.18 bits per heavy atom. The monoisotopic (exact) mass is 269 g/mol. The molecule has 1 unspecified atom stereocenters. The summed E-state index contributed by atoms with van der Waals surface area (Å²) in [4.78, 5) is 1.43. The summed E-state index contributed by atoms with van der Waals surface area (Å²) in [5.74, 6) is 3.67. The van der Waals surface area contributed by atoms with Crippen LogP contribution in [0.25, 0.3) is 0 Å². The minimum atomic E-state index is 0.582. The maximum absolute atomic E-state index is 3.66. The molecule has 1 atom stereocenters. The Labute approximate surface area is 113 Å². The second-order valence-corrected chi connectivity index (χ2v) is 7.23. The number of aryl methyl sites for hydroxylation is 1. The van der Waals surface area contributed by atoms with Crippen molar-refractivity contribution in [2.45, 2.75) is 39.2 Å². The molecule has 0 saturated carbocycles. The van der Waals surface area contributed by atoms with Gasteiger partial charge < -0.3 is 5.32 Å². The van der Waals surface area contributed by atoms with E-state index in [0.29, 0.717) is 6.04 Å². The highest BCUT2D eigenvalue weighted by Gasteiger charge is 2.20. The van der Waals surface area contributed by atoms with Crippen LogP contribution in [0.5, 0.6) is 0 Å². The van der Waals surface area contributed by atoms with Crippen LogP contribution >= 0.6 is 23.1 Å². The predicted octanol–water partition coefficient (Wildman–Crippen LogP) is 4.24. The molecule has 1 nitrogen and oxygen atoms in total. The van der Waals surface area contributed by atoms with Crippen LogP contribution in [-0.4, -0.2) is 18.1 Å². The van der Waals surface area contributed by atoms with Crippen molar-refractivity contribution in [3.05, 3.63) is 21.9 Å². The van der Waals surface area contributed by atoms with Gasteiger partial charge in [-0.25, -0.2) is 0 Å². The zero-order chi connectivity index (χ0) is 12.1. The van der Waals surface area contributed by atoms with Crippen LogP contribution < -0.4 is 5.32 Å². The third kappa shape index (κ3) is 4.01. The predicted molar refractivity (Wildman–Crippen MR) is 80.1 cm³/mol. The van der Waals surface area contributed by atoms with Gasteiger partial charge in [0.15, 0.2) is 0 Å². The molecule has 1 aliphatic heterocycles. The molecular formula is C14H23NS2. The SMILES string of the molecule is CCNC(CC1CCSCC1)c1csc(C)c1. The molecule has 1 saturated heterocycles. The van der Waals surface area contributed by atoms with Gasteiger partial charge in [0.2, 0.25) is 0 Å². The minimum absolute atomic E-state index is 0.582. The number of hydrogen-bond donors (Lipinski definition) is 1. The number of thiophene rings is 1. The lowest BCUT2D eigenvalue weighted by atomic mass is 9.91. The standard InChI is InChI=1S/C14H23NS2/c1-3-15-14(13-8-11(2)17-10-13)9-12-4-6-16-7-5-12/h8,10,12,14-15H,3-7,9H2,1-2H3. The van der Waals surface area contributed by atoms with E-state index in [1.807, 2.05) is 11.3 Å². The molecule has 0 spiro atoms. The van der Waals surface area contributed by atoms with Crippen LogP contribution in [0.2, 0.25) is 0 Å². The summed E-state index contributed by atoms with van der Waals surface area (Å²) in [6.45, 7) is 5.48. The molecule has 2 rings (SSSR count). The summed E-state index contributed by atoms with van der Waals surface area (Å²) < 4.78 is 0. The molecule has 1 aromatic heterocycles. The van der Waals surface area contributed by atoms with Gasteiger partial charge >= 0.3 is 0 Å². The normalized spacial score (nSPS) is 19.4. The highest BCUT2D eigenvalue weighted by molar-refractivity contribution is 7.99. The first-order chi connectivity index (χ1) is 8.29. The van der Waals surface area contributed by atoms with Crippen molar-refractivity contribution in [3.8, 4) is 0 Å². The van der Waals surface area contributed by atoms with Crippen LogP contribution in [0.1, 0.15) is 42.7 Å². The van der Waals surface area contributed by atoms with Gasteiger partial charge in [-0.3, -0.25) is 0 Å². The number of rotatable bonds is 5. The van der Waals surface area contributed by atoms with Crippen molar-refractivity contribution >= 4 is 23.1 Å². The van der Waals surface area contributed by atoms with Gasteiger partial charge in [-0.05, 0) is 67.2 Å². The second kappa shape index (κ2) is 6.81. The number of thioether (sulfide) groups is 1. The summed E-state index contributed by atoms with van der Waals surface area (Å²) in [6.07, 6.45) is 4.15. The fraction of sp³-hybridized carbons (Fsp3) is 0.714. The fourth-order valence-corrected chi connectivity index (χ4v) is 4.51.